The van der Waals surface area contributed by atoms with E-state index in [4.69, 9.17) is 0 Å². The normalized spacial score (nSPS) is 16.1. The minimum atomic E-state index is -0.891. The van der Waals surface area contributed by atoms with Crippen LogP contribution in [0.1, 0.15) is 24.1 Å². The third-order valence-corrected chi connectivity index (χ3v) is 5.50. The van der Waals surface area contributed by atoms with Crippen LogP contribution in [-0.4, -0.2) is 55.5 Å². The van der Waals surface area contributed by atoms with Crippen LogP contribution in [-0.2, 0) is 4.79 Å². The Hall–Kier alpha value is -2.47. The van der Waals surface area contributed by atoms with Gasteiger partial charge in [-0.25, -0.2) is 8.78 Å². The van der Waals surface area contributed by atoms with Gasteiger partial charge in [-0.05, 0) is 49.2 Å². The maximum Gasteiger partial charge on any atom is 0.236 e. The van der Waals surface area contributed by atoms with Crippen LogP contribution in [0, 0.1) is 18.6 Å². The van der Waals surface area contributed by atoms with Gasteiger partial charge in [-0.2, -0.15) is 0 Å². The summed E-state index contributed by atoms with van der Waals surface area (Å²) in [6.45, 7) is 7.60. The topological polar surface area (TPSA) is 26.8 Å². The fourth-order valence-corrected chi connectivity index (χ4v) is 3.50. The SMILES string of the molecule is Cc1cccc(N2CCN(CC(=O)N(C)C(C)c3ccc(F)c(F)c3)CC2)c1. The number of hydrogen-bond donors (Lipinski definition) is 0. The predicted molar refractivity (Wildman–Crippen MR) is 107 cm³/mol. The number of carbonyl (C=O) groups excluding carboxylic acids is 1. The summed E-state index contributed by atoms with van der Waals surface area (Å²) in [5.74, 6) is -1.80. The van der Waals surface area contributed by atoms with Gasteiger partial charge < -0.3 is 9.80 Å². The first kappa shape index (κ1) is 20.3. The van der Waals surface area contributed by atoms with Gasteiger partial charge in [-0.1, -0.05) is 18.2 Å². The summed E-state index contributed by atoms with van der Waals surface area (Å²) >= 11 is 0. The zero-order valence-electron chi connectivity index (χ0n) is 16.7. The van der Waals surface area contributed by atoms with Crippen LogP contribution in [0.3, 0.4) is 0 Å². The first-order valence-corrected chi connectivity index (χ1v) is 9.59. The molecule has 150 valence electrons. The summed E-state index contributed by atoms with van der Waals surface area (Å²) in [4.78, 5) is 18.8. The highest BCUT2D eigenvalue weighted by molar-refractivity contribution is 5.78. The van der Waals surface area contributed by atoms with Crippen molar-refractivity contribution in [3.63, 3.8) is 0 Å². The van der Waals surface area contributed by atoms with E-state index in [0.29, 0.717) is 12.1 Å². The maximum absolute atomic E-state index is 13.5. The van der Waals surface area contributed by atoms with Crippen LogP contribution in [0.25, 0.3) is 0 Å². The van der Waals surface area contributed by atoms with Crippen molar-refractivity contribution >= 4 is 11.6 Å². The lowest BCUT2D eigenvalue weighted by atomic mass is 10.1. The molecule has 1 heterocycles. The smallest absolute Gasteiger partial charge is 0.236 e. The highest BCUT2D eigenvalue weighted by Crippen LogP contribution is 2.22. The van der Waals surface area contributed by atoms with Crippen LogP contribution < -0.4 is 4.90 Å². The molecule has 1 unspecified atom stereocenters. The molecule has 1 atom stereocenters. The van der Waals surface area contributed by atoms with Crippen LogP contribution in [0.15, 0.2) is 42.5 Å². The van der Waals surface area contributed by atoms with Crippen molar-refractivity contribution in [2.24, 2.45) is 0 Å². The van der Waals surface area contributed by atoms with E-state index >= 15 is 0 Å². The summed E-state index contributed by atoms with van der Waals surface area (Å²) in [5, 5.41) is 0. The van der Waals surface area contributed by atoms with Gasteiger partial charge in [0.15, 0.2) is 11.6 Å². The lowest BCUT2D eigenvalue weighted by molar-refractivity contribution is -0.133. The van der Waals surface area contributed by atoms with Crippen LogP contribution >= 0.6 is 0 Å². The van der Waals surface area contributed by atoms with E-state index in [1.807, 2.05) is 6.92 Å². The van der Waals surface area contributed by atoms with E-state index in [9.17, 15) is 13.6 Å². The lowest BCUT2D eigenvalue weighted by Gasteiger charge is -2.37. The molecule has 1 fully saturated rings. The van der Waals surface area contributed by atoms with E-state index in [1.165, 1.54) is 17.3 Å². The van der Waals surface area contributed by atoms with Crippen molar-refractivity contribution < 1.29 is 13.6 Å². The minimum absolute atomic E-state index is 0.0266. The summed E-state index contributed by atoms with van der Waals surface area (Å²) in [6.07, 6.45) is 0. The fraction of sp³-hybridized carbons (Fsp3) is 0.409. The molecular formula is C22H27F2N3O. The molecule has 3 rings (SSSR count). The van der Waals surface area contributed by atoms with Gasteiger partial charge in [-0.3, -0.25) is 9.69 Å². The Kier molecular flexibility index (Phi) is 6.29. The summed E-state index contributed by atoms with van der Waals surface area (Å²) in [5.41, 5.74) is 3.04. The van der Waals surface area contributed by atoms with Crippen molar-refractivity contribution in [2.75, 3.05) is 44.7 Å². The molecule has 0 aromatic heterocycles. The van der Waals surface area contributed by atoms with E-state index < -0.39 is 11.6 Å². The Morgan fingerprint density at radius 2 is 1.79 bits per heavy atom. The number of carbonyl (C=O) groups is 1. The Bertz CT molecular complexity index is 834. The number of benzene rings is 2. The van der Waals surface area contributed by atoms with Crippen molar-refractivity contribution in [1.29, 1.82) is 0 Å². The summed E-state index contributed by atoms with van der Waals surface area (Å²) < 4.78 is 26.6. The number of hydrogen-bond acceptors (Lipinski definition) is 3. The number of likely N-dealkylation sites (N-methyl/N-ethyl adjacent to an activating group) is 1. The number of anilines is 1. The number of halogens is 2. The maximum atomic E-state index is 13.5. The number of aryl methyl sites for hydroxylation is 1. The van der Waals surface area contributed by atoms with Crippen LogP contribution in [0.2, 0.25) is 0 Å². The second-order valence-electron chi connectivity index (χ2n) is 7.46. The average molecular weight is 387 g/mol. The molecule has 0 spiro atoms. The summed E-state index contributed by atoms with van der Waals surface area (Å²) in [7, 11) is 1.71. The van der Waals surface area contributed by atoms with Gasteiger partial charge >= 0.3 is 0 Å². The van der Waals surface area contributed by atoms with E-state index in [0.717, 1.165) is 38.3 Å². The monoisotopic (exact) mass is 387 g/mol. The number of nitrogens with zero attached hydrogens (tertiary/aromatic N) is 3. The standard InChI is InChI=1S/C22H27F2N3O/c1-16-5-4-6-19(13-16)27-11-9-26(10-12-27)15-22(28)25(3)17(2)18-7-8-20(23)21(24)14-18/h4-8,13-14,17H,9-12,15H2,1-3H3. The Labute approximate surface area is 165 Å². The molecule has 6 heteroatoms. The molecular weight excluding hydrogens is 360 g/mol. The van der Waals surface area contributed by atoms with Gasteiger partial charge in [0.1, 0.15) is 0 Å². The highest BCUT2D eigenvalue weighted by atomic mass is 19.2. The number of piperazine rings is 1. The van der Waals surface area contributed by atoms with E-state index in [2.05, 4.69) is 41.0 Å². The van der Waals surface area contributed by atoms with Crippen LogP contribution in [0.4, 0.5) is 14.5 Å². The van der Waals surface area contributed by atoms with Crippen LogP contribution in [0.5, 0.6) is 0 Å². The fourth-order valence-electron chi connectivity index (χ4n) is 3.50. The van der Waals surface area contributed by atoms with Crippen molar-refractivity contribution in [2.45, 2.75) is 19.9 Å². The molecule has 0 aliphatic carbocycles. The van der Waals surface area contributed by atoms with Crippen molar-refractivity contribution in [1.82, 2.24) is 9.80 Å². The molecule has 0 saturated carbocycles. The predicted octanol–water partition coefficient (Wildman–Crippen LogP) is 3.61. The highest BCUT2D eigenvalue weighted by Gasteiger charge is 2.23. The van der Waals surface area contributed by atoms with Gasteiger partial charge in [0.25, 0.3) is 0 Å². The Morgan fingerprint density at radius 1 is 1.07 bits per heavy atom. The molecule has 0 N–H and O–H groups in total. The van der Waals surface area contributed by atoms with E-state index in [-0.39, 0.29) is 11.9 Å². The lowest BCUT2D eigenvalue weighted by Crippen LogP contribution is -2.50. The van der Waals surface area contributed by atoms with Crippen molar-refractivity contribution in [3.8, 4) is 0 Å². The molecule has 1 amide bonds. The quantitative estimate of drug-likeness (QED) is 0.784. The zero-order chi connectivity index (χ0) is 20.3. The zero-order valence-corrected chi connectivity index (χ0v) is 16.7. The second kappa shape index (κ2) is 8.69. The van der Waals surface area contributed by atoms with Gasteiger partial charge in [-0.15, -0.1) is 0 Å². The van der Waals surface area contributed by atoms with Gasteiger partial charge in [0, 0.05) is 38.9 Å². The van der Waals surface area contributed by atoms with Crippen molar-refractivity contribution in [3.05, 3.63) is 65.2 Å². The van der Waals surface area contributed by atoms with Gasteiger partial charge in [0.05, 0.1) is 12.6 Å². The molecule has 1 aliphatic rings. The molecule has 0 radical (unpaired) electrons. The molecule has 4 nitrogen and oxygen atoms in total. The molecule has 2 aromatic rings. The molecule has 1 saturated heterocycles. The first-order chi connectivity index (χ1) is 13.3. The minimum Gasteiger partial charge on any atom is -0.369 e. The molecule has 2 aromatic carbocycles. The molecule has 28 heavy (non-hydrogen) atoms. The molecule has 1 aliphatic heterocycles. The third-order valence-electron chi connectivity index (χ3n) is 5.50. The Morgan fingerprint density at radius 3 is 2.43 bits per heavy atom. The van der Waals surface area contributed by atoms with Gasteiger partial charge in [0.2, 0.25) is 5.91 Å². The first-order valence-electron chi connectivity index (χ1n) is 9.59. The van der Waals surface area contributed by atoms with E-state index in [1.54, 1.807) is 11.9 Å². The molecule has 0 bridgehead atoms. The largest absolute Gasteiger partial charge is 0.369 e. The number of amides is 1. The number of rotatable bonds is 5. The summed E-state index contributed by atoms with van der Waals surface area (Å²) in [6, 6.07) is 11.9. The second-order valence-corrected chi connectivity index (χ2v) is 7.46. The third kappa shape index (κ3) is 4.68. The average Bonchev–Trinajstić information content (AvgIpc) is 2.69. The Balaban J connectivity index is 1.54.